The molecule has 1 saturated heterocycles. The first-order chi connectivity index (χ1) is 11.3. The number of anilines is 1. The molecule has 0 aromatic heterocycles. The van der Waals surface area contributed by atoms with E-state index in [-0.39, 0.29) is 27.9 Å². The summed E-state index contributed by atoms with van der Waals surface area (Å²) in [7, 11) is -3.68. The fraction of sp³-hybridized carbons (Fsp3) is 0.500. The maximum absolute atomic E-state index is 12.1. The average Bonchev–Trinajstić information content (AvgIpc) is 2.71. The van der Waals surface area contributed by atoms with Gasteiger partial charge in [0.25, 0.3) is 5.91 Å². The first-order valence-corrected chi connectivity index (χ1v) is 9.91. The molecule has 132 valence electrons. The van der Waals surface area contributed by atoms with E-state index >= 15 is 0 Å². The zero-order valence-electron chi connectivity index (χ0n) is 13.7. The van der Waals surface area contributed by atoms with Crippen molar-refractivity contribution in [3.05, 3.63) is 28.8 Å². The van der Waals surface area contributed by atoms with Crippen LogP contribution in [-0.4, -0.2) is 32.5 Å². The van der Waals surface area contributed by atoms with Crippen LogP contribution in [0.3, 0.4) is 0 Å². The number of rotatable bonds is 6. The molecule has 0 aliphatic carbocycles. The Labute approximate surface area is 147 Å². The fourth-order valence-corrected chi connectivity index (χ4v) is 4.65. The van der Waals surface area contributed by atoms with Gasteiger partial charge in [-0.25, -0.2) is 12.7 Å². The minimum atomic E-state index is -3.68. The highest BCUT2D eigenvalue weighted by Crippen LogP contribution is 2.31. The summed E-state index contributed by atoms with van der Waals surface area (Å²) in [6, 6.07) is 4.22. The van der Waals surface area contributed by atoms with Crippen LogP contribution in [0.2, 0.25) is 5.02 Å². The molecule has 1 aromatic carbocycles. The van der Waals surface area contributed by atoms with Crippen LogP contribution in [0.4, 0.5) is 5.69 Å². The molecule has 1 atom stereocenters. The van der Waals surface area contributed by atoms with E-state index in [0.717, 1.165) is 23.6 Å². The Kier molecular flexibility index (Phi) is 5.87. The number of nitrogens with one attached hydrogen (secondary N) is 1. The molecule has 2 amide bonds. The SMILES string of the molecule is CCCCCNC(=O)c1ccc(N2C(=O)C(C)CS2(=O)=O)cc1Cl. The van der Waals surface area contributed by atoms with Gasteiger partial charge in [-0.2, -0.15) is 0 Å². The third-order valence-corrected chi connectivity index (χ3v) is 6.04. The number of amides is 2. The van der Waals surface area contributed by atoms with Gasteiger partial charge in [-0.05, 0) is 24.6 Å². The molecule has 1 N–H and O–H groups in total. The van der Waals surface area contributed by atoms with Crippen molar-refractivity contribution >= 4 is 39.1 Å². The summed E-state index contributed by atoms with van der Waals surface area (Å²) in [6.45, 7) is 4.20. The van der Waals surface area contributed by atoms with E-state index in [2.05, 4.69) is 12.2 Å². The lowest BCUT2D eigenvalue weighted by Crippen LogP contribution is -2.30. The van der Waals surface area contributed by atoms with E-state index in [9.17, 15) is 18.0 Å². The highest BCUT2D eigenvalue weighted by Gasteiger charge is 2.42. The standard InChI is InChI=1S/C16H21ClN2O4S/c1-3-4-5-8-18-15(20)13-7-6-12(9-14(13)17)19-16(21)11(2)10-24(19,22)23/h6-7,9,11H,3-5,8,10H2,1-2H3,(H,18,20). The maximum atomic E-state index is 12.1. The van der Waals surface area contributed by atoms with E-state index < -0.39 is 21.8 Å². The molecule has 0 spiro atoms. The molecule has 2 rings (SSSR count). The second kappa shape index (κ2) is 7.53. The molecule has 1 aliphatic rings. The number of carbonyl (C=O) groups excluding carboxylic acids is 2. The molecular weight excluding hydrogens is 352 g/mol. The van der Waals surface area contributed by atoms with Crippen LogP contribution in [-0.2, 0) is 14.8 Å². The molecule has 1 aliphatic heterocycles. The Balaban J connectivity index is 2.18. The molecule has 6 nitrogen and oxygen atoms in total. The second-order valence-electron chi connectivity index (χ2n) is 5.91. The highest BCUT2D eigenvalue weighted by atomic mass is 35.5. The van der Waals surface area contributed by atoms with Crippen molar-refractivity contribution in [3.63, 3.8) is 0 Å². The number of unbranched alkanes of at least 4 members (excludes halogenated alkanes) is 2. The number of hydrogen-bond acceptors (Lipinski definition) is 4. The van der Waals surface area contributed by atoms with Crippen molar-refractivity contribution in [2.75, 3.05) is 16.6 Å². The number of benzene rings is 1. The Morgan fingerprint density at radius 2 is 2.08 bits per heavy atom. The van der Waals surface area contributed by atoms with Crippen molar-refractivity contribution in [1.82, 2.24) is 5.32 Å². The number of halogens is 1. The van der Waals surface area contributed by atoms with Gasteiger partial charge in [-0.15, -0.1) is 0 Å². The summed E-state index contributed by atoms with van der Waals surface area (Å²) in [5, 5.41) is 2.89. The van der Waals surface area contributed by atoms with E-state index in [1.54, 1.807) is 6.92 Å². The molecule has 1 unspecified atom stereocenters. The molecule has 8 heteroatoms. The van der Waals surface area contributed by atoms with Gasteiger partial charge >= 0.3 is 0 Å². The quantitative estimate of drug-likeness (QED) is 0.778. The summed E-state index contributed by atoms with van der Waals surface area (Å²) in [4.78, 5) is 24.2. The Morgan fingerprint density at radius 3 is 2.62 bits per heavy atom. The topological polar surface area (TPSA) is 83.6 Å². The first-order valence-electron chi connectivity index (χ1n) is 7.92. The van der Waals surface area contributed by atoms with Crippen molar-refractivity contribution in [1.29, 1.82) is 0 Å². The van der Waals surface area contributed by atoms with Gasteiger partial charge < -0.3 is 5.32 Å². The molecule has 24 heavy (non-hydrogen) atoms. The zero-order chi connectivity index (χ0) is 17.9. The van der Waals surface area contributed by atoms with Crippen molar-refractivity contribution in [3.8, 4) is 0 Å². The highest BCUT2D eigenvalue weighted by molar-refractivity contribution is 7.94. The van der Waals surface area contributed by atoms with E-state index in [1.807, 2.05) is 0 Å². The van der Waals surface area contributed by atoms with Crippen molar-refractivity contribution in [2.24, 2.45) is 5.92 Å². The lowest BCUT2D eigenvalue weighted by Gasteiger charge is -2.16. The zero-order valence-corrected chi connectivity index (χ0v) is 15.3. The van der Waals surface area contributed by atoms with Crippen LogP contribution in [0, 0.1) is 5.92 Å². The summed E-state index contributed by atoms with van der Waals surface area (Å²) in [5.41, 5.74) is 0.422. The van der Waals surface area contributed by atoms with Gasteiger partial charge in [-0.1, -0.05) is 38.3 Å². The average molecular weight is 373 g/mol. The molecule has 0 saturated carbocycles. The lowest BCUT2D eigenvalue weighted by atomic mass is 10.1. The van der Waals surface area contributed by atoms with Crippen LogP contribution in [0.5, 0.6) is 0 Å². The Hall–Kier alpha value is -1.60. The monoisotopic (exact) mass is 372 g/mol. The van der Waals surface area contributed by atoms with Crippen LogP contribution in [0.25, 0.3) is 0 Å². The van der Waals surface area contributed by atoms with Crippen LogP contribution < -0.4 is 9.62 Å². The number of sulfonamides is 1. The molecular formula is C16H21ClN2O4S. The molecule has 1 fully saturated rings. The summed E-state index contributed by atoms with van der Waals surface area (Å²) in [5.74, 6) is -1.60. The normalized spacial score (nSPS) is 19.5. The maximum Gasteiger partial charge on any atom is 0.252 e. The number of carbonyl (C=O) groups is 2. The number of nitrogens with zero attached hydrogens (tertiary/aromatic N) is 1. The van der Waals surface area contributed by atoms with Crippen LogP contribution in [0.1, 0.15) is 43.5 Å². The molecule has 0 radical (unpaired) electrons. The largest absolute Gasteiger partial charge is 0.352 e. The van der Waals surface area contributed by atoms with Crippen LogP contribution in [0.15, 0.2) is 18.2 Å². The van der Waals surface area contributed by atoms with Gasteiger partial charge in [0.05, 0.1) is 27.9 Å². The van der Waals surface area contributed by atoms with Gasteiger partial charge in [0.15, 0.2) is 0 Å². The summed E-state index contributed by atoms with van der Waals surface area (Å²) in [6.07, 6.45) is 2.97. The Morgan fingerprint density at radius 1 is 1.38 bits per heavy atom. The van der Waals surface area contributed by atoms with E-state index in [0.29, 0.717) is 6.54 Å². The van der Waals surface area contributed by atoms with Gasteiger partial charge in [0.2, 0.25) is 15.9 Å². The second-order valence-corrected chi connectivity index (χ2v) is 8.18. The van der Waals surface area contributed by atoms with E-state index in [4.69, 9.17) is 11.6 Å². The van der Waals surface area contributed by atoms with Crippen molar-refractivity contribution in [2.45, 2.75) is 33.1 Å². The van der Waals surface area contributed by atoms with Gasteiger partial charge in [0.1, 0.15) is 0 Å². The molecule has 0 bridgehead atoms. The first kappa shape index (κ1) is 18.7. The minimum absolute atomic E-state index is 0.114. The lowest BCUT2D eigenvalue weighted by molar-refractivity contribution is -0.119. The van der Waals surface area contributed by atoms with Crippen molar-refractivity contribution < 1.29 is 18.0 Å². The predicted octanol–water partition coefficient (Wildman–Crippen LogP) is 2.57. The predicted molar refractivity (Wildman–Crippen MR) is 93.7 cm³/mol. The molecule has 1 aromatic rings. The minimum Gasteiger partial charge on any atom is -0.352 e. The molecule has 1 heterocycles. The van der Waals surface area contributed by atoms with E-state index in [1.165, 1.54) is 18.2 Å². The van der Waals surface area contributed by atoms with Gasteiger partial charge in [-0.3, -0.25) is 9.59 Å². The number of hydrogen-bond donors (Lipinski definition) is 1. The third-order valence-electron chi connectivity index (χ3n) is 3.86. The summed E-state index contributed by atoms with van der Waals surface area (Å²) < 4.78 is 25.0. The smallest absolute Gasteiger partial charge is 0.252 e. The summed E-state index contributed by atoms with van der Waals surface area (Å²) >= 11 is 6.13. The van der Waals surface area contributed by atoms with Crippen LogP contribution >= 0.6 is 11.6 Å². The Bertz CT molecular complexity index is 748. The third kappa shape index (κ3) is 3.89. The van der Waals surface area contributed by atoms with Gasteiger partial charge in [0, 0.05) is 6.54 Å². The fourth-order valence-electron chi connectivity index (χ4n) is 2.57.